The number of amides is 1. The highest BCUT2D eigenvalue weighted by Crippen LogP contribution is 2.21. The van der Waals surface area contributed by atoms with Crippen molar-refractivity contribution >= 4 is 17.7 Å². The van der Waals surface area contributed by atoms with E-state index in [9.17, 15) is 9.18 Å². The van der Waals surface area contributed by atoms with Gasteiger partial charge < -0.3 is 10.0 Å². The Morgan fingerprint density at radius 1 is 1.33 bits per heavy atom. The van der Waals surface area contributed by atoms with Crippen LogP contribution < -0.4 is 0 Å². The number of halogens is 2. The van der Waals surface area contributed by atoms with Crippen molar-refractivity contribution in [2.24, 2.45) is 0 Å². The first-order valence-electron chi connectivity index (χ1n) is 5.71. The molecule has 0 saturated carbocycles. The van der Waals surface area contributed by atoms with Crippen LogP contribution in [0.2, 0.25) is 5.02 Å². The van der Waals surface area contributed by atoms with E-state index < -0.39 is 6.09 Å². The van der Waals surface area contributed by atoms with Gasteiger partial charge in [0.25, 0.3) is 0 Å². The summed E-state index contributed by atoms with van der Waals surface area (Å²) < 4.78 is 13.6. The predicted octanol–water partition coefficient (Wildman–Crippen LogP) is 2.27. The van der Waals surface area contributed by atoms with Crippen LogP contribution in [0.15, 0.2) is 18.2 Å². The Hall–Kier alpha value is -1.33. The highest BCUT2D eigenvalue weighted by Gasteiger charge is 2.21. The monoisotopic (exact) mass is 272 g/mol. The summed E-state index contributed by atoms with van der Waals surface area (Å²) in [6.45, 7) is 2.50. The zero-order valence-electron chi connectivity index (χ0n) is 9.77. The Bertz CT molecular complexity index is 427. The van der Waals surface area contributed by atoms with Crippen molar-refractivity contribution in [3.63, 3.8) is 0 Å². The molecule has 0 bridgehead atoms. The minimum Gasteiger partial charge on any atom is -0.465 e. The third-order valence-corrected chi connectivity index (χ3v) is 3.44. The first kappa shape index (κ1) is 13.1. The van der Waals surface area contributed by atoms with Gasteiger partial charge in [0.1, 0.15) is 5.82 Å². The minimum atomic E-state index is -0.904. The highest BCUT2D eigenvalue weighted by molar-refractivity contribution is 6.31. The Morgan fingerprint density at radius 3 is 2.56 bits per heavy atom. The SMILES string of the molecule is O=C(O)N1CCN(Cc2c(F)cccc2Cl)CC1. The van der Waals surface area contributed by atoms with Crippen molar-refractivity contribution in [2.75, 3.05) is 26.2 Å². The molecule has 2 rings (SSSR count). The molecule has 0 spiro atoms. The van der Waals surface area contributed by atoms with Gasteiger partial charge in [0.05, 0.1) is 0 Å². The van der Waals surface area contributed by atoms with E-state index in [2.05, 4.69) is 0 Å². The molecule has 1 aliphatic heterocycles. The Labute approximate surface area is 110 Å². The Balaban J connectivity index is 1.98. The van der Waals surface area contributed by atoms with Crippen molar-refractivity contribution in [2.45, 2.75) is 6.54 Å². The number of benzene rings is 1. The van der Waals surface area contributed by atoms with E-state index in [4.69, 9.17) is 16.7 Å². The number of nitrogens with zero attached hydrogens (tertiary/aromatic N) is 2. The summed E-state index contributed by atoms with van der Waals surface area (Å²) in [7, 11) is 0. The van der Waals surface area contributed by atoms with Crippen molar-refractivity contribution < 1.29 is 14.3 Å². The standard InChI is InChI=1S/C12H14ClFN2O2/c13-10-2-1-3-11(14)9(10)8-15-4-6-16(7-5-15)12(17)18/h1-3H,4-8H2,(H,17,18). The summed E-state index contributed by atoms with van der Waals surface area (Å²) >= 11 is 5.96. The molecule has 98 valence electrons. The lowest BCUT2D eigenvalue weighted by Gasteiger charge is -2.33. The van der Waals surface area contributed by atoms with E-state index in [0.717, 1.165) is 0 Å². The minimum absolute atomic E-state index is 0.317. The van der Waals surface area contributed by atoms with E-state index in [1.54, 1.807) is 12.1 Å². The predicted molar refractivity (Wildman–Crippen MR) is 66.3 cm³/mol. The van der Waals surface area contributed by atoms with E-state index in [-0.39, 0.29) is 5.82 Å². The van der Waals surface area contributed by atoms with Gasteiger partial charge in [-0.2, -0.15) is 0 Å². The molecule has 1 saturated heterocycles. The van der Waals surface area contributed by atoms with Gasteiger partial charge in [0.15, 0.2) is 0 Å². The van der Waals surface area contributed by atoms with E-state index in [1.807, 2.05) is 4.90 Å². The number of hydrogen-bond donors (Lipinski definition) is 1. The molecule has 0 unspecified atom stereocenters. The summed E-state index contributed by atoms with van der Waals surface area (Å²) in [5.74, 6) is -0.317. The smallest absolute Gasteiger partial charge is 0.407 e. The molecule has 0 aromatic heterocycles. The van der Waals surface area contributed by atoms with E-state index in [1.165, 1.54) is 11.0 Å². The van der Waals surface area contributed by atoms with Gasteiger partial charge in [-0.15, -0.1) is 0 Å². The van der Waals surface area contributed by atoms with Gasteiger partial charge in [0.2, 0.25) is 0 Å². The molecular formula is C12H14ClFN2O2. The van der Waals surface area contributed by atoms with Crippen molar-refractivity contribution in [3.8, 4) is 0 Å². The average molecular weight is 273 g/mol. The summed E-state index contributed by atoms with van der Waals surface area (Å²) in [5.41, 5.74) is 0.475. The number of carboxylic acid groups (broad SMARTS) is 1. The molecule has 1 N–H and O–H groups in total. The van der Waals surface area contributed by atoms with Gasteiger partial charge in [-0.05, 0) is 12.1 Å². The molecule has 18 heavy (non-hydrogen) atoms. The number of rotatable bonds is 2. The second kappa shape index (κ2) is 5.54. The quantitative estimate of drug-likeness (QED) is 0.898. The van der Waals surface area contributed by atoms with Crippen LogP contribution in [-0.4, -0.2) is 47.2 Å². The summed E-state index contributed by atoms with van der Waals surface area (Å²) in [6.07, 6.45) is -0.904. The van der Waals surface area contributed by atoms with Gasteiger partial charge >= 0.3 is 6.09 Å². The molecule has 0 atom stereocenters. The normalized spacial score (nSPS) is 16.9. The summed E-state index contributed by atoms with van der Waals surface area (Å²) in [6, 6.07) is 4.62. The van der Waals surface area contributed by atoms with Crippen LogP contribution in [0, 0.1) is 5.82 Å². The maximum atomic E-state index is 13.6. The van der Waals surface area contributed by atoms with Crippen molar-refractivity contribution in [1.29, 1.82) is 0 Å². The molecule has 0 aliphatic carbocycles. The van der Waals surface area contributed by atoms with E-state index in [0.29, 0.717) is 43.3 Å². The molecule has 1 heterocycles. The maximum Gasteiger partial charge on any atom is 0.407 e. The van der Waals surface area contributed by atoms with E-state index >= 15 is 0 Å². The van der Waals surface area contributed by atoms with Gasteiger partial charge in [0, 0.05) is 43.3 Å². The maximum absolute atomic E-state index is 13.6. The summed E-state index contributed by atoms with van der Waals surface area (Å²) in [5, 5.41) is 9.24. The van der Waals surface area contributed by atoms with Crippen LogP contribution in [0.4, 0.5) is 9.18 Å². The Morgan fingerprint density at radius 2 is 2.00 bits per heavy atom. The third-order valence-electron chi connectivity index (χ3n) is 3.09. The molecule has 4 nitrogen and oxygen atoms in total. The van der Waals surface area contributed by atoms with Crippen LogP contribution in [-0.2, 0) is 6.54 Å². The molecule has 6 heteroatoms. The fraction of sp³-hybridized carbons (Fsp3) is 0.417. The lowest BCUT2D eigenvalue weighted by atomic mass is 10.2. The molecule has 1 aromatic rings. The third kappa shape index (κ3) is 2.91. The topological polar surface area (TPSA) is 43.8 Å². The Kier molecular flexibility index (Phi) is 4.04. The first-order valence-corrected chi connectivity index (χ1v) is 6.09. The van der Waals surface area contributed by atoms with Crippen LogP contribution in [0.1, 0.15) is 5.56 Å². The van der Waals surface area contributed by atoms with Gasteiger partial charge in [-0.25, -0.2) is 9.18 Å². The fourth-order valence-corrected chi connectivity index (χ4v) is 2.23. The number of piperazine rings is 1. The van der Waals surface area contributed by atoms with Crippen LogP contribution in [0.3, 0.4) is 0 Å². The van der Waals surface area contributed by atoms with Crippen molar-refractivity contribution in [1.82, 2.24) is 9.80 Å². The number of hydrogen-bond acceptors (Lipinski definition) is 2. The fourth-order valence-electron chi connectivity index (χ4n) is 2.00. The largest absolute Gasteiger partial charge is 0.465 e. The highest BCUT2D eigenvalue weighted by atomic mass is 35.5. The van der Waals surface area contributed by atoms with Gasteiger partial charge in [-0.3, -0.25) is 4.90 Å². The molecule has 1 amide bonds. The molecule has 0 radical (unpaired) electrons. The number of carbonyl (C=O) groups is 1. The van der Waals surface area contributed by atoms with Gasteiger partial charge in [-0.1, -0.05) is 17.7 Å². The lowest BCUT2D eigenvalue weighted by molar-refractivity contribution is 0.102. The van der Waals surface area contributed by atoms with Crippen LogP contribution in [0.5, 0.6) is 0 Å². The van der Waals surface area contributed by atoms with Crippen molar-refractivity contribution in [3.05, 3.63) is 34.6 Å². The summed E-state index contributed by atoms with van der Waals surface area (Å²) in [4.78, 5) is 14.1. The second-order valence-corrected chi connectivity index (χ2v) is 4.65. The molecule has 1 aromatic carbocycles. The van der Waals surface area contributed by atoms with Crippen LogP contribution in [0.25, 0.3) is 0 Å². The zero-order chi connectivity index (χ0) is 13.1. The lowest BCUT2D eigenvalue weighted by Crippen LogP contribution is -2.47. The molecule has 1 aliphatic rings. The first-order chi connectivity index (χ1) is 8.58. The van der Waals surface area contributed by atoms with Crippen LogP contribution >= 0.6 is 11.6 Å². The zero-order valence-corrected chi connectivity index (χ0v) is 10.5. The molecule has 1 fully saturated rings. The molecular weight excluding hydrogens is 259 g/mol. The average Bonchev–Trinajstić information content (AvgIpc) is 2.34. The second-order valence-electron chi connectivity index (χ2n) is 4.25.